The molecule has 3 aliphatic rings. The van der Waals surface area contributed by atoms with Crippen LogP contribution in [0.4, 0.5) is 0 Å². The van der Waals surface area contributed by atoms with Crippen molar-refractivity contribution < 1.29 is 28.7 Å². The summed E-state index contributed by atoms with van der Waals surface area (Å²) >= 11 is 0. The Balaban J connectivity index is 1.27. The van der Waals surface area contributed by atoms with Crippen LogP contribution in [0, 0.1) is 17.3 Å². The number of aryl methyl sites for hydroxylation is 1. The van der Waals surface area contributed by atoms with Crippen molar-refractivity contribution in [1.82, 2.24) is 30.2 Å². The van der Waals surface area contributed by atoms with Crippen LogP contribution in [-0.2, 0) is 48.0 Å². The number of carbonyl (C=O) groups is 4. The highest BCUT2D eigenvalue weighted by Crippen LogP contribution is 2.42. The van der Waals surface area contributed by atoms with Gasteiger partial charge in [-0.2, -0.15) is 0 Å². The summed E-state index contributed by atoms with van der Waals surface area (Å²) in [5, 5.41) is 5.73. The van der Waals surface area contributed by atoms with E-state index in [1.165, 1.54) is 16.6 Å². The van der Waals surface area contributed by atoms with E-state index in [9.17, 15) is 19.2 Å². The molecular weight excluding hydrogens is 769 g/mol. The number of nitrogens with zero attached hydrogens (tertiary/aromatic N) is 4. The number of pyridine rings is 1. The fourth-order valence-corrected chi connectivity index (χ4v) is 8.95. The minimum Gasteiger partial charge on any atom is -0.464 e. The molecule has 7 rings (SSSR count). The zero-order chi connectivity index (χ0) is 43.6. The van der Waals surface area contributed by atoms with Gasteiger partial charge in [-0.15, -0.1) is 0 Å². The van der Waals surface area contributed by atoms with Gasteiger partial charge in [-0.3, -0.25) is 29.2 Å². The first-order chi connectivity index (χ1) is 29.2. The maximum atomic E-state index is 14.5. The summed E-state index contributed by atoms with van der Waals surface area (Å²) in [6.07, 6.45) is 4.97. The van der Waals surface area contributed by atoms with E-state index >= 15 is 0 Å². The fourth-order valence-electron chi connectivity index (χ4n) is 8.95. The Labute approximate surface area is 360 Å². The molecule has 2 saturated heterocycles. The second kappa shape index (κ2) is 18.3. The number of amides is 3. The van der Waals surface area contributed by atoms with Crippen LogP contribution >= 0.6 is 0 Å². The molecule has 6 bridgehead atoms. The van der Waals surface area contributed by atoms with E-state index in [0.717, 1.165) is 51.1 Å². The number of cyclic esters (lactones) is 1. The van der Waals surface area contributed by atoms with Crippen LogP contribution in [0.3, 0.4) is 0 Å². The number of nitrogens with one attached hydrogen (secondary N) is 2. The Hall–Kier alpha value is -5.33. The number of carbonyl (C=O) groups excluding carboxylic acids is 4. The van der Waals surface area contributed by atoms with Crippen LogP contribution in [-0.4, -0.2) is 94.2 Å². The molecule has 0 saturated carbocycles. The van der Waals surface area contributed by atoms with Crippen molar-refractivity contribution in [2.75, 3.05) is 32.8 Å². The topological polar surface area (TPSA) is 135 Å². The minimum atomic E-state index is -0.932. The van der Waals surface area contributed by atoms with E-state index in [4.69, 9.17) is 14.5 Å². The van der Waals surface area contributed by atoms with Gasteiger partial charge in [0.15, 0.2) is 0 Å². The van der Waals surface area contributed by atoms with Crippen molar-refractivity contribution in [2.45, 2.75) is 105 Å². The second-order valence-corrected chi connectivity index (χ2v) is 18.4. The molecule has 3 amide bonds. The van der Waals surface area contributed by atoms with Crippen LogP contribution in [0.2, 0.25) is 0 Å². The Morgan fingerprint density at radius 1 is 1.07 bits per heavy atom. The van der Waals surface area contributed by atoms with Crippen LogP contribution in [0.5, 0.6) is 0 Å². The largest absolute Gasteiger partial charge is 0.464 e. The molecule has 0 aliphatic carbocycles. The normalized spacial score (nSPS) is 20.3. The molecule has 12 nitrogen and oxygen atoms in total. The van der Waals surface area contributed by atoms with E-state index in [1.54, 1.807) is 4.90 Å². The number of fused-ring (bicyclic) bond motifs is 6. The summed E-state index contributed by atoms with van der Waals surface area (Å²) in [5.41, 5.74) is 11.2. The van der Waals surface area contributed by atoms with Gasteiger partial charge in [0.05, 0.1) is 36.6 Å². The van der Waals surface area contributed by atoms with E-state index in [-0.39, 0.29) is 55.3 Å². The van der Waals surface area contributed by atoms with Crippen molar-refractivity contribution in [1.29, 1.82) is 0 Å². The van der Waals surface area contributed by atoms with Gasteiger partial charge < -0.3 is 24.3 Å². The molecule has 0 spiro atoms. The van der Waals surface area contributed by atoms with Gasteiger partial charge in [-0.25, -0.2) is 5.43 Å². The molecule has 2 N–H and O–H groups in total. The predicted octanol–water partition coefficient (Wildman–Crippen LogP) is 6.85. The lowest BCUT2D eigenvalue weighted by molar-refractivity contribution is -0.155. The summed E-state index contributed by atoms with van der Waals surface area (Å²) in [7, 11) is 0. The molecule has 4 aromatic rings. The van der Waals surface area contributed by atoms with Crippen LogP contribution in [0.15, 0.2) is 73.4 Å². The van der Waals surface area contributed by atoms with E-state index in [0.29, 0.717) is 38.9 Å². The molecule has 3 atom stereocenters. The van der Waals surface area contributed by atoms with Gasteiger partial charge in [0, 0.05) is 60.7 Å². The fraction of sp³-hybridized carbons (Fsp3) is 0.490. The number of hydrazine groups is 1. The number of likely N-dealkylation sites (tertiary alicyclic amines) is 1. The standard InChI is InChI=1S/C49H62N6O6/c1-9-43(56)53-26-35(27-53)60-28-39(30(3)4)46(57)51-41-23-32-14-11-15-33(22-32)34-18-19-42-37(24-34)38(45(54(42)10-2)36-16-12-20-50-44(36)31(5)6)25-49(7,8)29-61-48(59)40-17-13-21-55(52-40)47(41)58/h9,11-12,14-16,18-20,22,24,30-31,35,39-41,52H,1,10,13,17,21,23,25-29H2,2-8H3,(H,51,57)/t39?,40-,41-/m0/s1. The lowest BCUT2D eigenvalue weighted by atomic mass is 9.83. The first kappa shape index (κ1) is 43.7. The highest BCUT2D eigenvalue weighted by Gasteiger charge is 2.37. The number of aromatic nitrogens is 2. The molecule has 2 aromatic carbocycles. The van der Waals surface area contributed by atoms with Crippen LogP contribution < -0.4 is 10.7 Å². The average molecular weight is 831 g/mol. The molecular formula is C49H62N6O6. The van der Waals surface area contributed by atoms with E-state index in [2.05, 4.69) is 92.9 Å². The van der Waals surface area contributed by atoms with Crippen molar-refractivity contribution in [3.05, 3.63) is 90.3 Å². The van der Waals surface area contributed by atoms with Gasteiger partial charge in [0.1, 0.15) is 12.1 Å². The number of ether oxygens (including phenoxy) is 2. The molecule has 324 valence electrons. The summed E-state index contributed by atoms with van der Waals surface area (Å²) in [4.78, 5) is 61.0. The third-order valence-electron chi connectivity index (χ3n) is 12.4. The number of esters is 1. The zero-order valence-corrected chi connectivity index (χ0v) is 36.8. The first-order valence-corrected chi connectivity index (χ1v) is 21.9. The van der Waals surface area contributed by atoms with Gasteiger partial charge >= 0.3 is 5.97 Å². The smallest absolute Gasteiger partial charge is 0.324 e. The lowest BCUT2D eigenvalue weighted by Gasteiger charge is -2.39. The predicted molar refractivity (Wildman–Crippen MR) is 237 cm³/mol. The zero-order valence-electron chi connectivity index (χ0n) is 36.8. The highest BCUT2D eigenvalue weighted by molar-refractivity contribution is 5.95. The Bertz CT molecular complexity index is 2290. The van der Waals surface area contributed by atoms with Crippen LogP contribution in [0.1, 0.15) is 84.0 Å². The Morgan fingerprint density at radius 3 is 2.56 bits per heavy atom. The summed E-state index contributed by atoms with van der Waals surface area (Å²) in [6, 6.07) is 17.3. The lowest BCUT2D eigenvalue weighted by Crippen LogP contribution is -2.61. The molecule has 2 fully saturated rings. The molecule has 1 unspecified atom stereocenters. The maximum Gasteiger partial charge on any atom is 0.324 e. The summed E-state index contributed by atoms with van der Waals surface area (Å²) in [6.45, 7) is 20.6. The number of benzene rings is 2. The number of hydrogen-bond acceptors (Lipinski definition) is 8. The van der Waals surface area contributed by atoms with Gasteiger partial charge in [-0.1, -0.05) is 78.5 Å². The van der Waals surface area contributed by atoms with Gasteiger partial charge in [-0.05, 0) is 90.6 Å². The van der Waals surface area contributed by atoms with Crippen molar-refractivity contribution in [2.24, 2.45) is 17.3 Å². The number of hydrogen-bond donors (Lipinski definition) is 2. The third-order valence-corrected chi connectivity index (χ3v) is 12.4. The average Bonchev–Trinajstić information content (AvgIpc) is 3.53. The monoisotopic (exact) mass is 830 g/mol. The summed E-state index contributed by atoms with van der Waals surface area (Å²) in [5.74, 6) is -1.58. The summed E-state index contributed by atoms with van der Waals surface area (Å²) < 4.78 is 14.6. The molecule has 3 aliphatic heterocycles. The molecule has 61 heavy (non-hydrogen) atoms. The Morgan fingerprint density at radius 2 is 1.84 bits per heavy atom. The molecule has 0 radical (unpaired) electrons. The van der Waals surface area contributed by atoms with Gasteiger partial charge in [0.25, 0.3) is 5.91 Å². The van der Waals surface area contributed by atoms with Crippen LogP contribution in [0.25, 0.3) is 33.3 Å². The maximum absolute atomic E-state index is 14.5. The third kappa shape index (κ3) is 9.45. The van der Waals surface area contributed by atoms with Crippen molar-refractivity contribution in [3.8, 4) is 22.4 Å². The van der Waals surface area contributed by atoms with Gasteiger partial charge in [0.2, 0.25) is 11.8 Å². The van der Waals surface area contributed by atoms with Crippen molar-refractivity contribution >= 4 is 34.6 Å². The Kier molecular flexibility index (Phi) is 13.2. The molecule has 5 heterocycles. The van der Waals surface area contributed by atoms with E-state index < -0.39 is 29.4 Å². The molecule has 12 heteroatoms. The van der Waals surface area contributed by atoms with Crippen molar-refractivity contribution in [3.63, 3.8) is 0 Å². The number of rotatable bonds is 10. The molecule has 2 aromatic heterocycles. The second-order valence-electron chi connectivity index (χ2n) is 18.4. The SMILES string of the molecule is C=CC(=O)N1CC(OCC(C(=O)N[C@H]2Cc3cccc(c3)-c3ccc4c(c3)c(c(-c3cccnc3C(C)C)n4CC)CC(C)(C)COC(=O)[C@@H]3CCCN(N3)C2=O)C(C)C)C1. The quantitative estimate of drug-likeness (QED) is 0.131. The first-order valence-electron chi connectivity index (χ1n) is 21.9. The highest BCUT2D eigenvalue weighted by atomic mass is 16.5. The minimum absolute atomic E-state index is 0.0850. The van der Waals surface area contributed by atoms with E-state index in [1.807, 2.05) is 38.2 Å².